The van der Waals surface area contributed by atoms with Crippen molar-refractivity contribution in [2.75, 3.05) is 0 Å². The van der Waals surface area contributed by atoms with Gasteiger partial charge in [-0.2, -0.15) is 0 Å². The Labute approximate surface area is 193 Å². The van der Waals surface area contributed by atoms with Crippen LogP contribution in [0, 0.1) is 6.92 Å². The highest BCUT2D eigenvalue weighted by atomic mass is 28.3. The van der Waals surface area contributed by atoms with Crippen molar-refractivity contribution >= 4 is 31.7 Å². The van der Waals surface area contributed by atoms with Crippen LogP contribution in [0.3, 0.4) is 0 Å². The quantitative estimate of drug-likeness (QED) is 0.403. The molecule has 2 aromatic rings. The Balaban J connectivity index is 2.45. The molecular formula is C29H42Si2. The number of allylic oxidation sites excluding steroid dienone is 4. The number of hydrogen-bond donors (Lipinski definition) is 0. The first-order valence-corrected chi connectivity index (χ1v) is 17.7. The Morgan fingerprint density at radius 3 is 1.94 bits per heavy atom. The lowest BCUT2D eigenvalue weighted by Crippen LogP contribution is -2.66. The summed E-state index contributed by atoms with van der Waals surface area (Å²) < 4.78 is 0. The molecule has 0 aliphatic heterocycles. The lowest BCUT2D eigenvalue weighted by atomic mass is 10.0. The van der Waals surface area contributed by atoms with E-state index in [9.17, 15) is 0 Å². The molecule has 2 atom stereocenters. The first-order valence-electron chi connectivity index (χ1n) is 12.0. The van der Waals surface area contributed by atoms with Crippen molar-refractivity contribution in [1.82, 2.24) is 0 Å². The van der Waals surface area contributed by atoms with Gasteiger partial charge in [0.25, 0.3) is 0 Å². The highest BCUT2D eigenvalue weighted by molar-refractivity contribution is 7.05. The Bertz CT molecular complexity index is 1010. The van der Waals surface area contributed by atoms with E-state index in [4.69, 9.17) is 0 Å². The van der Waals surface area contributed by atoms with E-state index in [0.717, 1.165) is 0 Å². The van der Waals surface area contributed by atoms with E-state index < -0.39 is 16.1 Å². The van der Waals surface area contributed by atoms with Crippen molar-refractivity contribution in [3.63, 3.8) is 0 Å². The number of aryl methyl sites for hydroxylation is 1. The molecule has 0 N–H and O–H groups in total. The van der Waals surface area contributed by atoms with Crippen LogP contribution in [0.5, 0.6) is 0 Å². The highest BCUT2D eigenvalue weighted by Crippen LogP contribution is 2.54. The fourth-order valence-corrected chi connectivity index (χ4v) is 13.6. The zero-order valence-corrected chi connectivity index (χ0v) is 23.3. The zero-order chi connectivity index (χ0) is 23.0. The van der Waals surface area contributed by atoms with Crippen LogP contribution < -0.4 is 15.6 Å². The van der Waals surface area contributed by atoms with Gasteiger partial charge in [-0.3, -0.25) is 0 Å². The molecule has 31 heavy (non-hydrogen) atoms. The first kappa shape index (κ1) is 24.0. The van der Waals surface area contributed by atoms with Gasteiger partial charge in [-0.15, -0.1) is 0 Å². The van der Waals surface area contributed by atoms with Crippen LogP contribution in [-0.2, 0) is 0 Å². The molecular weight excluding hydrogens is 404 g/mol. The summed E-state index contributed by atoms with van der Waals surface area (Å²) >= 11 is 0. The standard InChI is InChI=1S/C29H42Si2/c1-10-11-17-31(26-15-13-12-14-16-26,29(6)21-23(3)24(4)25(29)5)28-19-22(2)18-27(20-28)30(7,8)9/h12-16,18-21H,10-11,17H2,1-9H3. The average molecular weight is 447 g/mol. The van der Waals surface area contributed by atoms with Crippen molar-refractivity contribution in [3.8, 4) is 0 Å². The average Bonchev–Trinajstić information content (AvgIpc) is 2.92. The van der Waals surface area contributed by atoms with Crippen LogP contribution >= 0.6 is 0 Å². The lowest BCUT2D eigenvalue weighted by molar-refractivity contribution is 0.809. The topological polar surface area (TPSA) is 0 Å². The van der Waals surface area contributed by atoms with Crippen LogP contribution in [0.25, 0.3) is 0 Å². The molecule has 1 aliphatic carbocycles. The smallest absolute Gasteiger partial charge is 0.0733 e. The molecule has 3 rings (SSSR count). The fourth-order valence-electron chi connectivity index (χ4n) is 5.72. The molecule has 0 saturated carbocycles. The number of hydrogen-bond acceptors (Lipinski definition) is 0. The maximum atomic E-state index is 2.64. The minimum atomic E-state index is -2.16. The van der Waals surface area contributed by atoms with E-state index in [-0.39, 0.29) is 5.04 Å². The maximum absolute atomic E-state index is 2.64. The third kappa shape index (κ3) is 4.09. The molecule has 0 bridgehead atoms. The second-order valence-electron chi connectivity index (χ2n) is 11.0. The first-order chi connectivity index (χ1) is 14.5. The van der Waals surface area contributed by atoms with Gasteiger partial charge in [0, 0.05) is 5.04 Å². The lowest BCUT2D eigenvalue weighted by Gasteiger charge is -2.47. The van der Waals surface area contributed by atoms with Gasteiger partial charge in [0.05, 0.1) is 8.07 Å². The van der Waals surface area contributed by atoms with Crippen LogP contribution in [0.15, 0.2) is 71.3 Å². The zero-order valence-electron chi connectivity index (χ0n) is 21.3. The summed E-state index contributed by atoms with van der Waals surface area (Å²) in [5.74, 6) is 0. The van der Waals surface area contributed by atoms with Gasteiger partial charge < -0.3 is 0 Å². The van der Waals surface area contributed by atoms with Gasteiger partial charge in [0.1, 0.15) is 8.07 Å². The van der Waals surface area contributed by atoms with Gasteiger partial charge in [-0.1, -0.05) is 133 Å². The molecule has 166 valence electrons. The Morgan fingerprint density at radius 1 is 0.806 bits per heavy atom. The number of benzene rings is 2. The van der Waals surface area contributed by atoms with Crippen LogP contribution in [0.4, 0.5) is 0 Å². The van der Waals surface area contributed by atoms with E-state index in [2.05, 4.69) is 116 Å². The van der Waals surface area contributed by atoms with E-state index >= 15 is 0 Å². The molecule has 2 heteroatoms. The largest absolute Gasteiger partial charge is 0.131 e. The monoisotopic (exact) mass is 446 g/mol. The summed E-state index contributed by atoms with van der Waals surface area (Å²) in [4.78, 5) is 0. The van der Waals surface area contributed by atoms with E-state index in [1.165, 1.54) is 35.6 Å². The van der Waals surface area contributed by atoms with Crippen LogP contribution in [0.2, 0.25) is 30.7 Å². The molecule has 1 aliphatic rings. The van der Waals surface area contributed by atoms with Crippen molar-refractivity contribution in [2.24, 2.45) is 0 Å². The van der Waals surface area contributed by atoms with Gasteiger partial charge in [-0.25, -0.2) is 0 Å². The summed E-state index contributed by atoms with van der Waals surface area (Å²) in [6, 6.07) is 20.5. The van der Waals surface area contributed by atoms with Gasteiger partial charge in [0.2, 0.25) is 0 Å². The third-order valence-electron chi connectivity index (χ3n) is 7.93. The number of unbranched alkanes of at least 4 members (excludes halogenated alkanes) is 1. The summed E-state index contributed by atoms with van der Waals surface area (Å²) in [7, 11) is -3.58. The summed E-state index contributed by atoms with van der Waals surface area (Å²) in [6.45, 7) is 21.7. The summed E-state index contributed by atoms with van der Waals surface area (Å²) in [5.41, 5.74) is 6.00. The molecule has 0 heterocycles. The van der Waals surface area contributed by atoms with E-state index in [1.807, 2.05) is 0 Å². The molecule has 0 amide bonds. The second-order valence-corrected chi connectivity index (χ2v) is 20.6. The molecule has 0 aromatic heterocycles. The Kier molecular flexibility index (Phi) is 6.74. The van der Waals surface area contributed by atoms with E-state index in [1.54, 1.807) is 21.1 Å². The van der Waals surface area contributed by atoms with E-state index in [0.29, 0.717) is 0 Å². The van der Waals surface area contributed by atoms with Gasteiger partial charge in [0.15, 0.2) is 0 Å². The van der Waals surface area contributed by atoms with Crippen molar-refractivity contribution in [2.45, 2.75) is 85.1 Å². The molecule has 0 saturated heterocycles. The predicted octanol–water partition coefficient (Wildman–Crippen LogP) is 6.96. The maximum Gasteiger partial charge on any atom is 0.131 e. The minimum Gasteiger partial charge on any atom is -0.0733 e. The molecule has 2 aromatic carbocycles. The Morgan fingerprint density at radius 2 is 1.42 bits per heavy atom. The normalized spacial score (nSPS) is 21.3. The molecule has 2 unspecified atom stereocenters. The molecule has 0 spiro atoms. The Hall–Kier alpha value is -1.65. The number of rotatable bonds is 7. The minimum absolute atomic E-state index is 0.0994. The van der Waals surface area contributed by atoms with Crippen molar-refractivity contribution in [3.05, 3.63) is 76.9 Å². The van der Waals surface area contributed by atoms with Gasteiger partial charge >= 0.3 is 0 Å². The predicted molar refractivity (Wildman–Crippen MR) is 146 cm³/mol. The SMILES string of the molecule is CCCC[Si](c1ccccc1)(c1cc(C)cc([Si](C)(C)C)c1)C1(C)C=C(C)C(C)=C1C. The van der Waals surface area contributed by atoms with Gasteiger partial charge in [-0.05, 0) is 39.3 Å². The summed E-state index contributed by atoms with van der Waals surface area (Å²) in [5, 5.41) is 4.94. The van der Waals surface area contributed by atoms with Crippen molar-refractivity contribution < 1.29 is 0 Å². The molecule has 0 fully saturated rings. The second kappa shape index (κ2) is 8.71. The van der Waals surface area contributed by atoms with Crippen LogP contribution in [0.1, 0.15) is 53.0 Å². The third-order valence-corrected chi connectivity index (χ3v) is 15.9. The van der Waals surface area contributed by atoms with Crippen molar-refractivity contribution in [1.29, 1.82) is 0 Å². The molecule has 0 nitrogen and oxygen atoms in total. The molecule has 0 radical (unpaired) electrons. The van der Waals surface area contributed by atoms with Crippen LogP contribution in [-0.4, -0.2) is 16.1 Å². The summed E-state index contributed by atoms with van der Waals surface area (Å²) in [6.07, 6.45) is 5.17. The highest BCUT2D eigenvalue weighted by Gasteiger charge is 2.54. The fraction of sp³-hybridized carbons (Fsp3) is 0.448.